The third kappa shape index (κ3) is 5.62. The van der Waals surface area contributed by atoms with Crippen molar-refractivity contribution in [2.45, 2.75) is 51.6 Å². The lowest BCUT2D eigenvalue weighted by Crippen LogP contribution is -2.33. The van der Waals surface area contributed by atoms with Crippen molar-refractivity contribution in [2.75, 3.05) is 18.5 Å². The minimum Gasteiger partial charge on any atom is -0.372 e. The second-order valence-corrected chi connectivity index (χ2v) is 6.58. The molecule has 1 fully saturated rings. The van der Waals surface area contributed by atoms with Crippen molar-refractivity contribution in [1.82, 2.24) is 5.32 Å². The fourth-order valence-electron chi connectivity index (χ4n) is 2.99. The molecule has 0 heterocycles. The molecule has 4 nitrogen and oxygen atoms in total. The summed E-state index contributed by atoms with van der Waals surface area (Å²) in [4.78, 5) is 6.78. The van der Waals surface area contributed by atoms with E-state index >= 15 is 0 Å². The van der Waals surface area contributed by atoms with Crippen LogP contribution in [0, 0.1) is 0 Å². The van der Waals surface area contributed by atoms with Crippen LogP contribution in [0.1, 0.15) is 44.6 Å². The molecule has 0 atom stereocenters. The van der Waals surface area contributed by atoms with Crippen molar-refractivity contribution >= 4 is 11.6 Å². The van der Waals surface area contributed by atoms with E-state index in [1.54, 1.807) is 0 Å². The van der Waals surface area contributed by atoms with Gasteiger partial charge >= 0.3 is 0 Å². The van der Waals surface area contributed by atoms with E-state index in [2.05, 4.69) is 53.1 Å². The first-order valence-corrected chi connectivity index (χ1v) is 8.56. The zero-order chi connectivity index (χ0) is 16.7. The van der Waals surface area contributed by atoms with Crippen molar-refractivity contribution in [2.24, 2.45) is 10.7 Å². The normalized spacial score (nSPS) is 16.2. The number of nitrogens with one attached hydrogen (secondary N) is 1. The van der Waals surface area contributed by atoms with Crippen molar-refractivity contribution in [3.63, 3.8) is 0 Å². The number of benzene rings is 1. The van der Waals surface area contributed by atoms with Crippen LogP contribution in [0.15, 0.2) is 41.4 Å². The average Bonchev–Trinajstić information content (AvgIpc) is 2.58. The summed E-state index contributed by atoms with van der Waals surface area (Å²) < 4.78 is 0. The molecule has 2 rings (SSSR count). The van der Waals surface area contributed by atoms with Gasteiger partial charge in [-0.05, 0) is 37.5 Å². The molecular formula is C19H30N4. The molecule has 0 amide bonds. The molecule has 1 aliphatic carbocycles. The smallest absolute Gasteiger partial charge is 0.189 e. The molecule has 1 aliphatic rings. The molecule has 0 bridgehead atoms. The van der Waals surface area contributed by atoms with Crippen LogP contribution in [-0.2, 0) is 6.54 Å². The Morgan fingerprint density at radius 3 is 2.52 bits per heavy atom. The third-order valence-corrected chi connectivity index (χ3v) is 4.47. The number of nitrogens with two attached hydrogens (primary N) is 1. The Bertz CT molecular complexity index is 527. The molecule has 0 saturated heterocycles. The Balaban J connectivity index is 1.88. The van der Waals surface area contributed by atoms with E-state index in [0.717, 1.165) is 5.57 Å². The van der Waals surface area contributed by atoms with Crippen LogP contribution < -0.4 is 16.0 Å². The molecule has 0 aliphatic heterocycles. The number of nitrogens with zero attached hydrogens (tertiary/aromatic N) is 2. The zero-order valence-corrected chi connectivity index (χ0v) is 14.5. The van der Waals surface area contributed by atoms with Gasteiger partial charge in [0.2, 0.25) is 0 Å². The summed E-state index contributed by atoms with van der Waals surface area (Å²) in [7, 11) is 2.21. The first-order chi connectivity index (χ1) is 11.1. The highest BCUT2D eigenvalue weighted by atomic mass is 15.1. The highest BCUT2D eigenvalue weighted by molar-refractivity contribution is 5.78. The lowest BCUT2D eigenvalue weighted by Gasteiger charge is -2.33. The highest BCUT2D eigenvalue weighted by Crippen LogP contribution is 2.26. The Labute approximate surface area is 140 Å². The Morgan fingerprint density at radius 1 is 1.26 bits per heavy atom. The molecule has 23 heavy (non-hydrogen) atoms. The van der Waals surface area contributed by atoms with E-state index in [-0.39, 0.29) is 0 Å². The molecule has 0 unspecified atom stereocenters. The van der Waals surface area contributed by atoms with Gasteiger partial charge in [0.05, 0.1) is 6.54 Å². The standard InChI is InChI=1S/C19H30N4/c1-15(2)13-21-19(20)22-14-16-9-11-18(12-10-16)23(3)17-7-5-4-6-8-17/h9-12,17H,1,4-8,13-14H2,2-3H3,(H3,20,21,22). The topological polar surface area (TPSA) is 53.6 Å². The predicted molar refractivity (Wildman–Crippen MR) is 99.9 cm³/mol. The monoisotopic (exact) mass is 314 g/mol. The van der Waals surface area contributed by atoms with E-state index in [0.29, 0.717) is 25.1 Å². The Morgan fingerprint density at radius 2 is 1.91 bits per heavy atom. The van der Waals surface area contributed by atoms with Crippen molar-refractivity contribution in [3.8, 4) is 0 Å². The molecular weight excluding hydrogens is 284 g/mol. The molecule has 1 aromatic carbocycles. The lowest BCUT2D eigenvalue weighted by atomic mass is 9.94. The van der Waals surface area contributed by atoms with Gasteiger partial charge in [0.15, 0.2) is 5.96 Å². The van der Waals surface area contributed by atoms with Gasteiger partial charge in [-0.2, -0.15) is 0 Å². The van der Waals surface area contributed by atoms with Gasteiger partial charge in [-0.15, -0.1) is 0 Å². The summed E-state index contributed by atoms with van der Waals surface area (Å²) in [6, 6.07) is 9.36. The molecule has 3 N–H and O–H groups in total. The second-order valence-electron chi connectivity index (χ2n) is 6.58. The maximum absolute atomic E-state index is 5.84. The number of rotatable bonds is 6. The van der Waals surface area contributed by atoms with Crippen LogP contribution in [0.25, 0.3) is 0 Å². The van der Waals surface area contributed by atoms with Crippen LogP contribution >= 0.6 is 0 Å². The summed E-state index contributed by atoms with van der Waals surface area (Å²) >= 11 is 0. The fraction of sp³-hybridized carbons (Fsp3) is 0.526. The zero-order valence-electron chi connectivity index (χ0n) is 14.5. The van der Waals surface area contributed by atoms with Gasteiger partial charge in [0.25, 0.3) is 0 Å². The summed E-state index contributed by atoms with van der Waals surface area (Å²) in [6.07, 6.45) is 6.74. The minimum atomic E-state index is 0.469. The molecule has 0 aromatic heterocycles. The minimum absolute atomic E-state index is 0.469. The van der Waals surface area contributed by atoms with Gasteiger partial charge in [0.1, 0.15) is 0 Å². The number of anilines is 1. The van der Waals surface area contributed by atoms with E-state index < -0.39 is 0 Å². The molecule has 1 aromatic rings. The number of hydrogen-bond donors (Lipinski definition) is 2. The maximum Gasteiger partial charge on any atom is 0.189 e. The van der Waals surface area contributed by atoms with Crippen molar-refractivity contribution in [1.29, 1.82) is 0 Å². The molecule has 1 saturated carbocycles. The van der Waals surface area contributed by atoms with Gasteiger partial charge in [0, 0.05) is 25.3 Å². The maximum atomic E-state index is 5.84. The molecule has 126 valence electrons. The average molecular weight is 314 g/mol. The van der Waals surface area contributed by atoms with Gasteiger partial charge in [-0.25, -0.2) is 4.99 Å². The molecule has 0 radical (unpaired) electrons. The van der Waals surface area contributed by atoms with E-state index in [9.17, 15) is 0 Å². The summed E-state index contributed by atoms with van der Waals surface area (Å²) in [5, 5.41) is 3.04. The lowest BCUT2D eigenvalue weighted by molar-refractivity contribution is 0.427. The first kappa shape index (κ1) is 17.4. The number of aliphatic imine (C=N–C) groups is 1. The fourth-order valence-corrected chi connectivity index (χ4v) is 2.99. The summed E-state index contributed by atoms with van der Waals surface area (Å²) in [6.45, 7) is 7.06. The largest absolute Gasteiger partial charge is 0.372 e. The van der Waals surface area contributed by atoms with Crippen LogP contribution in [0.2, 0.25) is 0 Å². The Hall–Kier alpha value is -1.97. The summed E-state index contributed by atoms with van der Waals surface area (Å²) in [5.41, 5.74) is 9.34. The highest BCUT2D eigenvalue weighted by Gasteiger charge is 2.18. The van der Waals surface area contributed by atoms with E-state index in [1.807, 2.05) is 6.92 Å². The van der Waals surface area contributed by atoms with Crippen LogP contribution in [0.3, 0.4) is 0 Å². The van der Waals surface area contributed by atoms with Crippen molar-refractivity contribution < 1.29 is 0 Å². The predicted octanol–water partition coefficient (Wildman–Crippen LogP) is 3.44. The van der Waals surface area contributed by atoms with Gasteiger partial charge in [-0.1, -0.05) is 43.5 Å². The van der Waals surface area contributed by atoms with Crippen LogP contribution in [0.5, 0.6) is 0 Å². The van der Waals surface area contributed by atoms with Crippen molar-refractivity contribution in [3.05, 3.63) is 42.0 Å². The quantitative estimate of drug-likeness (QED) is 0.480. The van der Waals surface area contributed by atoms with Crippen LogP contribution in [0.4, 0.5) is 5.69 Å². The molecule has 0 spiro atoms. The van der Waals surface area contributed by atoms with Gasteiger partial charge in [-0.3, -0.25) is 0 Å². The van der Waals surface area contributed by atoms with E-state index in [1.165, 1.54) is 43.4 Å². The van der Waals surface area contributed by atoms with Gasteiger partial charge < -0.3 is 16.0 Å². The summed E-state index contributed by atoms with van der Waals surface area (Å²) in [5.74, 6) is 0.469. The van der Waals surface area contributed by atoms with Crippen LogP contribution in [-0.4, -0.2) is 25.6 Å². The molecule has 4 heteroatoms. The second kappa shape index (κ2) is 8.61. The SMILES string of the molecule is C=C(C)CNC(N)=NCc1ccc(N(C)C2CCCCC2)cc1. The number of hydrogen-bond acceptors (Lipinski definition) is 2. The third-order valence-electron chi connectivity index (χ3n) is 4.47. The first-order valence-electron chi connectivity index (χ1n) is 8.56. The number of guanidine groups is 1. The Kier molecular flexibility index (Phi) is 6.51. The van der Waals surface area contributed by atoms with E-state index in [4.69, 9.17) is 5.73 Å².